The Morgan fingerprint density at radius 2 is 1.94 bits per heavy atom. The van der Waals surface area contributed by atoms with Crippen molar-refractivity contribution in [2.24, 2.45) is 0 Å². The quantitative estimate of drug-likeness (QED) is 0.871. The van der Waals surface area contributed by atoms with Crippen LogP contribution in [0.5, 0.6) is 0 Å². The Balaban J connectivity index is 1.73. The molecule has 18 heavy (non-hydrogen) atoms. The van der Waals surface area contributed by atoms with Crippen LogP contribution in [0.4, 0.5) is 0 Å². The molecule has 3 heteroatoms. The molecule has 0 spiro atoms. The number of thiophene rings is 1. The highest BCUT2D eigenvalue weighted by atomic mass is 32.1. The molecule has 2 nitrogen and oxygen atoms in total. The predicted octanol–water partition coefficient (Wildman–Crippen LogP) is 3.89. The fraction of sp³-hybridized carbons (Fsp3) is 0.733. The van der Waals surface area contributed by atoms with Crippen LogP contribution < -0.4 is 5.43 Å². The Hall–Kier alpha value is -0.380. The Bertz CT molecular complexity index is 391. The van der Waals surface area contributed by atoms with E-state index >= 15 is 0 Å². The zero-order valence-electron chi connectivity index (χ0n) is 11.5. The maximum Gasteiger partial charge on any atom is 0.0476 e. The fourth-order valence-electron chi connectivity index (χ4n) is 3.48. The SMILES string of the molecule is CC1CCCC(C)N1NC1CCCc2sccc21. The lowest BCUT2D eigenvalue weighted by molar-refractivity contribution is 0.0262. The van der Waals surface area contributed by atoms with Crippen molar-refractivity contribution in [3.63, 3.8) is 0 Å². The number of fused-ring (bicyclic) bond motifs is 1. The van der Waals surface area contributed by atoms with E-state index in [-0.39, 0.29) is 0 Å². The number of nitrogens with zero attached hydrogens (tertiary/aromatic N) is 1. The van der Waals surface area contributed by atoms with E-state index in [9.17, 15) is 0 Å². The first-order valence-electron chi connectivity index (χ1n) is 7.36. The van der Waals surface area contributed by atoms with Crippen molar-refractivity contribution in [1.82, 2.24) is 10.4 Å². The molecular weight excluding hydrogens is 240 g/mol. The van der Waals surface area contributed by atoms with Gasteiger partial charge in [-0.1, -0.05) is 6.42 Å². The lowest BCUT2D eigenvalue weighted by Crippen LogP contribution is -2.53. The monoisotopic (exact) mass is 264 g/mol. The van der Waals surface area contributed by atoms with Crippen LogP contribution >= 0.6 is 11.3 Å². The van der Waals surface area contributed by atoms with Gasteiger partial charge in [0.05, 0.1) is 0 Å². The van der Waals surface area contributed by atoms with Crippen molar-refractivity contribution >= 4 is 11.3 Å². The predicted molar refractivity (Wildman–Crippen MR) is 77.7 cm³/mol. The molecule has 1 aromatic rings. The summed E-state index contributed by atoms with van der Waals surface area (Å²) in [7, 11) is 0. The lowest BCUT2D eigenvalue weighted by atomic mass is 9.94. The zero-order valence-corrected chi connectivity index (χ0v) is 12.3. The van der Waals surface area contributed by atoms with E-state index in [2.05, 4.69) is 35.7 Å². The molecule has 1 saturated heterocycles. The number of nitrogens with one attached hydrogen (secondary N) is 1. The molecule has 100 valence electrons. The summed E-state index contributed by atoms with van der Waals surface area (Å²) in [5.74, 6) is 0. The first-order chi connectivity index (χ1) is 8.75. The fourth-order valence-corrected chi connectivity index (χ4v) is 4.46. The van der Waals surface area contributed by atoms with E-state index in [0.717, 1.165) is 0 Å². The highest BCUT2D eigenvalue weighted by molar-refractivity contribution is 7.10. The smallest absolute Gasteiger partial charge is 0.0476 e. The van der Waals surface area contributed by atoms with E-state index in [1.54, 1.807) is 10.4 Å². The second-order valence-electron chi connectivity index (χ2n) is 5.91. The van der Waals surface area contributed by atoms with E-state index < -0.39 is 0 Å². The standard InChI is InChI=1S/C15H24N2S/c1-11-5-3-6-12(2)17(11)16-14-7-4-8-15-13(14)9-10-18-15/h9-12,14,16H,3-8H2,1-2H3. The summed E-state index contributed by atoms with van der Waals surface area (Å²) in [5, 5.41) is 4.79. The van der Waals surface area contributed by atoms with Gasteiger partial charge in [0.15, 0.2) is 0 Å². The Morgan fingerprint density at radius 1 is 1.17 bits per heavy atom. The molecule has 0 aromatic carbocycles. The number of aryl methyl sites for hydroxylation is 1. The minimum atomic E-state index is 0.558. The lowest BCUT2D eigenvalue weighted by Gasteiger charge is -2.42. The number of piperidine rings is 1. The summed E-state index contributed by atoms with van der Waals surface area (Å²) in [5.41, 5.74) is 5.41. The molecule has 1 fully saturated rings. The zero-order chi connectivity index (χ0) is 12.5. The third kappa shape index (κ3) is 2.36. The Kier molecular flexibility index (Phi) is 3.73. The van der Waals surface area contributed by atoms with Crippen molar-refractivity contribution < 1.29 is 0 Å². The molecule has 1 aromatic heterocycles. The molecule has 2 aliphatic rings. The van der Waals surface area contributed by atoms with Gasteiger partial charge in [0.2, 0.25) is 0 Å². The van der Waals surface area contributed by atoms with Gasteiger partial charge in [-0.3, -0.25) is 0 Å². The second-order valence-corrected chi connectivity index (χ2v) is 6.91. The first kappa shape index (κ1) is 12.6. The summed E-state index contributed by atoms with van der Waals surface area (Å²) in [4.78, 5) is 1.61. The molecule has 1 N–H and O–H groups in total. The number of hydrazine groups is 1. The third-order valence-electron chi connectivity index (χ3n) is 4.55. The van der Waals surface area contributed by atoms with Crippen molar-refractivity contribution in [3.8, 4) is 0 Å². The summed E-state index contributed by atoms with van der Waals surface area (Å²) in [6.07, 6.45) is 7.97. The molecule has 3 rings (SSSR count). The molecule has 0 saturated carbocycles. The molecule has 3 unspecified atom stereocenters. The first-order valence-corrected chi connectivity index (χ1v) is 8.24. The summed E-state index contributed by atoms with van der Waals surface area (Å²) < 4.78 is 0. The van der Waals surface area contributed by atoms with Gasteiger partial charge in [0.1, 0.15) is 0 Å². The maximum absolute atomic E-state index is 3.84. The van der Waals surface area contributed by atoms with Crippen LogP contribution in [0.3, 0.4) is 0 Å². The van der Waals surface area contributed by atoms with Crippen LogP contribution in [-0.2, 0) is 6.42 Å². The van der Waals surface area contributed by atoms with Crippen molar-refractivity contribution in [3.05, 3.63) is 21.9 Å². The minimum Gasteiger partial charge on any atom is -0.247 e. The molecule has 3 atom stereocenters. The van der Waals surface area contributed by atoms with E-state index in [4.69, 9.17) is 0 Å². The Labute approximate surface area is 114 Å². The summed E-state index contributed by atoms with van der Waals surface area (Å²) >= 11 is 1.93. The molecule has 2 heterocycles. The number of hydrogen-bond acceptors (Lipinski definition) is 3. The summed E-state index contributed by atoms with van der Waals surface area (Å²) in [6, 6.07) is 4.24. The third-order valence-corrected chi connectivity index (χ3v) is 5.55. The van der Waals surface area contributed by atoms with E-state index in [0.29, 0.717) is 18.1 Å². The van der Waals surface area contributed by atoms with Gasteiger partial charge in [0.25, 0.3) is 0 Å². The van der Waals surface area contributed by atoms with Gasteiger partial charge in [0, 0.05) is 23.0 Å². The Morgan fingerprint density at radius 3 is 2.72 bits per heavy atom. The average molecular weight is 264 g/mol. The van der Waals surface area contributed by atoms with Gasteiger partial charge < -0.3 is 0 Å². The van der Waals surface area contributed by atoms with Crippen LogP contribution in [0.15, 0.2) is 11.4 Å². The number of hydrogen-bond donors (Lipinski definition) is 1. The van der Waals surface area contributed by atoms with Gasteiger partial charge in [-0.25, -0.2) is 10.4 Å². The van der Waals surface area contributed by atoms with E-state index in [1.807, 2.05) is 11.3 Å². The van der Waals surface area contributed by atoms with Crippen LogP contribution in [-0.4, -0.2) is 17.1 Å². The van der Waals surface area contributed by atoms with Gasteiger partial charge >= 0.3 is 0 Å². The van der Waals surface area contributed by atoms with Gasteiger partial charge in [-0.2, -0.15) is 0 Å². The molecule has 1 aliphatic carbocycles. The van der Waals surface area contributed by atoms with Crippen molar-refractivity contribution in [1.29, 1.82) is 0 Å². The topological polar surface area (TPSA) is 15.3 Å². The van der Waals surface area contributed by atoms with Crippen LogP contribution in [0, 0.1) is 0 Å². The second kappa shape index (κ2) is 5.32. The normalized spacial score (nSPS) is 33.3. The molecule has 0 radical (unpaired) electrons. The van der Waals surface area contributed by atoms with Crippen molar-refractivity contribution in [2.45, 2.75) is 70.5 Å². The van der Waals surface area contributed by atoms with E-state index in [1.165, 1.54) is 38.5 Å². The van der Waals surface area contributed by atoms with Crippen LogP contribution in [0.25, 0.3) is 0 Å². The maximum atomic E-state index is 3.84. The highest BCUT2D eigenvalue weighted by Gasteiger charge is 2.29. The largest absolute Gasteiger partial charge is 0.247 e. The molecule has 1 aliphatic heterocycles. The molecule has 0 amide bonds. The average Bonchev–Trinajstić information content (AvgIpc) is 2.83. The molecular formula is C15H24N2S. The molecule has 0 bridgehead atoms. The van der Waals surface area contributed by atoms with Crippen molar-refractivity contribution in [2.75, 3.05) is 0 Å². The van der Waals surface area contributed by atoms with Crippen LogP contribution in [0.2, 0.25) is 0 Å². The van der Waals surface area contributed by atoms with Crippen LogP contribution in [0.1, 0.15) is 62.4 Å². The van der Waals surface area contributed by atoms with Gasteiger partial charge in [-0.05, 0) is 63.0 Å². The summed E-state index contributed by atoms with van der Waals surface area (Å²) in [6.45, 7) is 4.72. The number of rotatable bonds is 2. The van der Waals surface area contributed by atoms with Gasteiger partial charge in [-0.15, -0.1) is 11.3 Å². The highest BCUT2D eigenvalue weighted by Crippen LogP contribution is 2.34. The minimum absolute atomic E-state index is 0.558.